The second kappa shape index (κ2) is 12.9. The van der Waals surface area contributed by atoms with Crippen molar-refractivity contribution in [1.82, 2.24) is 10.2 Å². The van der Waals surface area contributed by atoms with Gasteiger partial charge in [-0.1, -0.05) is 66.5 Å². The Morgan fingerprint density at radius 3 is 2.16 bits per heavy atom. The third-order valence-corrected chi connectivity index (χ3v) is 8.15. The molecule has 0 unspecified atom stereocenters. The molecule has 1 N–H and O–H groups in total. The van der Waals surface area contributed by atoms with Crippen LogP contribution in [0.4, 0.5) is 5.69 Å². The highest BCUT2D eigenvalue weighted by Gasteiger charge is 2.32. The first-order valence-electron chi connectivity index (χ1n) is 11.8. The number of halogens is 2. The highest BCUT2D eigenvalue weighted by Crippen LogP contribution is 2.26. The van der Waals surface area contributed by atoms with E-state index in [9.17, 15) is 18.0 Å². The lowest BCUT2D eigenvalue weighted by atomic mass is 10.1. The van der Waals surface area contributed by atoms with Gasteiger partial charge in [-0.2, -0.15) is 0 Å². The normalized spacial score (nSPS) is 12.0. The Hall–Kier alpha value is -3.07. The first kappa shape index (κ1) is 28.5. The van der Waals surface area contributed by atoms with Crippen LogP contribution in [0.2, 0.25) is 10.0 Å². The van der Waals surface area contributed by atoms with Crippen LogP contribution >= 0.6 is 23.2 Å². The van der Waals surface area contributed by atoms with E-state index >= 15 is 0 Å². The number of nitrogens with zero attached hydrogens (tertiary/aromatic N) is 2. The molecular weight excluding hydrogens is 533 g/mol. The number of hydrogen-bond acceptors (Lipinski definition) is 4. The summed E-state index contributed by atoms with van der Waals surface area (Å²) in [6.07, 6.45) is 0.734. The molecule has 7 nitrogen and oxygen atoms in total. The molecule has 3 aromatic rings. The summed E-state index contributed by atoms with van der Waals surface area (Å²) >= 11 is 12.3. The van der Waals surface area contributed by atoms with Gasteiger partial charge in [-0.3, -0.25) is 13.9 Å². The molecule has 0 aliphatic rings. The molecule has 10 heteroatoms. The summed E-state index contributed by atoms with van der Waals surface area (Å²) in [7, 11) is -4.14. The number of carbonyl (C=O) groups excluding carboxylic acids is 2. The quantitative estimate of drug-likeness (QED) is 0.351. The van der Waals surface area contributed by atoms with Crippen molar-refractivity contribution < 1.29 is 18.0 Å². The number of hydrogen-bond donors (Lipinski definition) is 1. The van der Waals surface area contributed by atoms with E-state index in [1.807, 2.05) is 6.92 Å². The molecule has 0 aromatic heterocycles. The number of para-hydroxylation sites is 1. The van der Waals surface area contributed by atoms with Crippen LogP contribution in [0.1, 0.15) is 25.8 Å². The molecule has 0 bridgehead atoms. The van der Waals surface area contributed by atoms with E-state index in [0.29, 0.717) is 27.8 Å². The van der Waals surface area contributed by atoms with Gasteiger partial charge in [0.1, 0.15) is 12.6 Å². The third kappa shape index (κ3) is 7.25. The molecule has 0 aliphatic carbocycles. The number of rotatable bonds is 11. The van der Waals surface area contributed by atoms with Crippen LogP contribution in [0, 0.1) is 0 Å². The fourth-order valence-electron chi connectivity index (χ4n) is 3.65. The van der Waals surface area contributed by atoms with E-state index in [2.05, 4.69) is 5.32 Å². The first-order valence-corrected chi connectivity index (χ1v) is 14.0. The van der Waals surface area contributed by atoms with Gasteiger partial charge in [-0.25, -0.2) is 8.42 Å². The predicted molar refractivity (Wildman–Crippen MR) is 147 cm³/mol. The minimum absolute atomic E-state index is 0.0139. The van der Waals surface area contributed by atoms with Crippen molar-refractivity contribution in [3.8, 4) is 0 Å². The molecule has 0 saturated heterocycles. The molecule has 196 valence electrons. The molecule has 3 rings (SSSR count). The summed E-state index contributed by atoms with van der Waals surface area (Å²) in [4.78, 5) is 27.9. The second-order valence-electron chi connectivity index (χ2n) is 8.38. The molecular formula is C27H29Cl2N3O4S. The summed E-state index contributed by atoms with van der Waals surface area (Å²) < 4.78 is 28.4. The van der Waals surface area contributed by atoms with E-state index in [4.69, 9.17) is 23.2 Å². The van der Waals surface area contributed by atoms with Crippen LogP contribution in [0.15, 0.2) is 83.8 Å². The number of benzene rings is 3. The van der Waals surface area contributed by atoms with E-state index in [-0.39, 0.29) is 17.3 Å². The van der Waals surface area contributed by atoms with Gasteiger partial charge in [0.25, 0.3) is 10.0 Å². The number of anilines is 1. The van der Waals surface area contributed by atoms with Crippen molar-refractivity contribution in [3.63, 3.8) is 0 Å². The zero-order valence-electron chi connectivity index (χ0n) is 20.6. The Labute approximate surface area is 228 Å². The van der Waals surface area contributed by atoms with Crippen LogP contribution in [0.5, 0.6) is 0 Å². The molecule has 0 heterocycles. The van der Waals surface area contributed by atoms with Crippen LogP contribution in [0.3, 0.4) is 0 Å². The number of carbonyl (C=O) groups is 2. The molecule has 37 heavy (non-hydrogen) atoms. The predicted octanol–water partition coefficient (Wildman–Crippen LogP) is 5.13. The van der Waals surface area contributed by atoms with Gasteiger partial charge in [0, 0.05) is 23.1 Å². The first-order chi connectivity index (χ1) is 17.6. The summed E-state index contributed by atoms with van der Waals surface area (Å²) in [5, 5.41) is 3.63. The van der Waals surface area contributed by atoms with Gasteiger partial charge in [-0.05, 0) is 61.4 Å². The van der Waals surface area contributed by atoms with Crippen molar-refractivity contribution >= 4 is 50.7 Å². The smallest absolute Gasteiger partial charge is 0.264 e. The van der Waals surface area contributed by atoms with Crippen molar-refractivity contribution in [1.29, 1.82) is 0 Å². The maximum Gasteiger partial charge on any atom is 0.264 e. The highest BCUT2D eigenvalue weighted by molar-refractivity contribution is 7.92. The Morgan fingerprint density at radius 2 is 1.54 bits per heavy atom. The summed E-state index contributed by atoms with van der Waals surface area (Å²) in [6.45, 7) is 3.50. The van der Waals surface area contributed by atoms with Gasteiger partial charge in [-0.15, -0.1) is 0 Å². The average molecular weight is 563 g/mol. The standard InChI is InChI=1S/C27H29Cl2N3O4S/c1-3-17-30-27(34)20(2)31(18-21-9-7-8-12-25(21)29)26(33)19-32(23-10-5-4-6-11-23)37(35,36)24-15-13-22(28)14-16-24/h4-16,20H,3,17-19H2,1-2H3,(H,30,34)/t20-/m0/s1. The van der Waals surface area contributed by atoms with Crippen molar-refractivity contribution in [2.24, 2.45) is 0 Å². The van der Waals surface area contributed by atoms with Crippen molar-refractivity contribution in [3.05, 3.63) is 94.5 Å². The maximum atomic E-state index is 13.8. The number of sulfonamides is 1. The summed E-state index contributed by atoms with van der Waals surface area (Å²) in [5.41, 5.74) is 0.950. The molecule has 0 radical (unpaired) electrons. The lowest BCUT2D eigenvalue weighted by Crippen LogP contribution is -2.51. The summed E-state index contributed by atoms with van der Waals surface area (Å²) in [6, 6.07) is 20.2. The summed E-state index contributed by atoms with van der Waals surface area (Å²) in [5.74, 6) is -0.894. The molecule has 0 spiro atoms. The van der Waals surface area contributed by atoms with E-state index in [1.54, 1.807) is 61.5 Å². The maximum absolute atomic E-state index is 13.8. The Kier molecular flexibility index (Phi) is 9.97. The Balaban J connectivity index is 2.00. The van der Waals surface area contributed by atoms with Crippen LogP contribution in [-0.4, -0.2) is 44.3 Å². The SMILES string of the molecule is CCCNC(=O)[C@H](C)N(Cc1ccccc1Cl)C(=O)CN(c1ccccc1)S(=O)(=O)c1ccc(Cl)cc1. The average Bonchev–Trinajstić information content (AvgIpc) is 2.90. The Morgan fingerprint density at radius 1 is 0.919 bits per heavy atom. The van der Waals surface area contributed by atoms with Crippen LogP contribution < -0.4 is 9.62 Å². The second-order valence-corrected chi connectivity index (χ2v) is 11.1. The van der Waals surface area contributed by atoms with Gasteiger partial charge in [0.15, 0.2) is 0 Å². The highest BCUT2D eigenvalue weighted by atomic mass is 35.5. The molecule has 1 atom stereocenters. The van der Waals surface area contributed by atoms with Gasteiger partial charge in [0.05, 0.1) is 10.6 Å². The fourth-order valence-corrected chi connectivity index (χ4v) is 5.38. The number of nitrogens with one attached hydrogen (secondary N) is 1. The minimum Gasteiger partial charge on any atom is -0.354 e. The van der Waals surface area contributed by atoms with Gasteiger partial charge < -0.3 is 10.2 Å². The van der Waals surface area contributed by atoms with Crippen molar-refractivity contribution in [2.45, 2.75) is 37.8 Å². The molecule has 3 aromatic carbocycles. The monoisotopic (exact) mass is 561 g/mol. The molecule has 0 fully saturated rings. The molecule has 2 amide bonds. The zero-order valence-corrected chi connectivity index (χ0v) is 22.9. The molecule has 0 saturated carbocycles. The zero-order chi connectivity index (χ0) is 27.0. The third-order valence-electron chi connectivity index (χ3n) is 5.74. The topological polar surface area (TPSA) is 86.8 Å². The van der Waals surface area contributed by atoms with Crippen LogP contribution in [-0.2, 0) is 26.2 Å². The van der Waals surface area contributed by atoms with E-state index in [0.717, 1.165) is 10.7 Å². The minimum atomic E-state index is -4.14. The van der Waals surface area contributed by atoms with Crippen LogP contribution in [0.25, 0.3) is 0 Å². The number of amides is 2. The largest absolute Gasteiger partial charge is 0.354 e. The van der Waals surface area contributed by atoms with Crippen molar-refractivity contribution in [2.75, 3.05) is 17.4 Å². The fraction of sp³-hybridized carbons (Fsp3) is 0.259. The van der Waals surface area contributed by atoms with Gasteiger partial charge >= 0.3 is 0 Å². The Bertz CT molecular complexity index is 1320. The van der Waals surface area contributed by atoms with E-state index < -0.39 is 28.5 Å². The van der Waals surface area contributed by atoms with E-state index in [1.165, 1.54) is 29.2 Å². The lowest BCUT2D eigenvalue weighted by molar-refractivity contribution is -0.139. The lowest BCUT2D eigenvalue weighted by Gasteiger charge is -2.32. The molecule has 0 aliphatic heterocycles. The van der Waals surface area contributed by atoms with Gasteiger partial charge in [0.2, 0.25) is 11.8 Å².